The summed E-state index contributed by atoms with van der Waals surface area (Å²) in [6.45, 7) is 2.35. The van der Waals surface area contributed by atoms with Gasteiger partial charge in [0, 0.05) is 32.2 Å². The normalized spacial score (nSPS) is 18.3. The Morgan fingerprint density at radius 1 is 1.52 bits per heavy atom. The number of benzene rings is 1. The largest absolute Gasteiger partial charge is 0.381 e. The third kappa shape index (κ3) is 2.92. The molecule has 1 aliphatic heterocycles. The maximum absolute atomic E-state index is 12.3. The Morgan fingerprint density at radius 3 is 3.10 bits per heavy atom. The number of hydrogen-bond donors (Lipinski definition) is 1. The summed E-state index contributed by atoms with van der Waals surface area (Å²) in [5.74, 6) is 0.524. The van der Waals surface area contributed by atoms with Crippen molar-refractivity contribution in [2.75, 3.05) is 19.8 Å². The summed E-state index contributed by atoms with van der Waals surface area (Å²) in [6, 6.07) is 7.58. The summed E-state index contributed by atoms with van der Waals surface area (Å²) in [5.41, 5.74) is 1.54. The molecule has 0 bridgehead atoms. The second kappa shape index (κ2) is 6.08. The number of nitrogens with one attached hydrogen (secondary N) is 1. The monoisotopic (exact) mass is 306 g/mol. The highest BCUT2D eigenvalue weighted by atomic mass is 35.5. The van der Waals surface area contributed by atoms with Gasteiger partial charge in [0.25, 0.3) is 5.91 Å². The highest BCUT2D eigenvalue weighted by molar-refractivity contribution is 6.35. The van der Waals surface area contributed by atoms with E-state index in [4.69, 9.17) is 16.3 Å². The van der Waals surface area contributed by atoms with Crippen LogP contribution in [-0.2, 0) is 11.8 Å². The molecule has 1 atom stereocenters. The van der Waals surface area contributed by atoms with Crippen LogP contribution in [0.25, 0.3) is 10.9 Å². The number of carbonyl (C=O) groups is 1. The predicted octanol–water partition coefficient (Wildman–Crippen LogP) is 2.99. The Morgan fingerprint density at radius 2 is 2.38 bits per heavy atom. The average molecular weight is 307 g/mol. The molecule has 3 rings (SSSR count). The summed E-state index contributed by atoms with van der Waals surface area (Å²) in [6.07, 6.45) is 2.07. The van der Waals surface area contributed by atoms with E-state index in [0.717, 1.165) is 37.0 Å². The molecule has 1 aliphatic rings. The van der Waals surface area contributed by atoms with E-state index in [9.17, 15) is 4.79 Å². The Hall–Kier alpha value is -1.52. The molecule has 4 nitrogen and oxygen atoms in total. The summed E-state index contributed by atoms with van der Waals surface area (Å²) < 4.78 is 7.19. The molecular weight excluding hydrogens is 288 g/mol. The summed E-state index contributed by atoms with van der Waals surface area (Å²) in [5, 5.41) is 4.64. The van der Waals surface area contributed by atoms with Gasteiger partial charge in [-0.2, -0.15) is 0 Å². The van der Waals surface area contributed by atoms with Crippen LogP contribution in [0.2, 0.25) is 5.02 Å². The minimum Gasteiger partial charge on any atom is -0.381 e. The van der Waals surface area contributed by atoms with E-state index in [1.807, 2.05) is 35.9 Å². The van der Waals surface area contributed by atoms with E-state index in [-0.39, 0.29) is 5.91 Å². The lowest BCUT2D eigenvalue weighted by Gasteiger charge is -2.09. The number of rotatable bonds is 4. The lowest BCUT2D eigenvalue weighted by molar-refractivity contribution is 0.0942. The second-order valence-electron chi connectivity index (χ2n) is 5.54. The van der Waals surface area contributed by atoms with Crippen molar-refractivity contribution in [3.63, 3.8) is 0 Å². The molecule has 0 aliphatic carbocycles. The molecule has 1 aromatic carbocycles. The van der Waals surface area contributed by atoms with Gasteiger partial charge in [-0.05, 0) is 30.9 Å². The third-order valence-electron chi connectivity index (χ3n) is 4.10. The van der Waals surface area contributed by atoms with Gasteiger partial charge in [0.15, 0.2) is 0 Å². The quantitative estimate of drug-likeness (QED) is 0.943. The van der Waals surface area contributed by atoms with Gasteiger partial charge in [-0.1, -0.05) is 23.7 Å². The molecule has 1 amide bonds. The van der Waals surface area contributed by atoms with E-state index >= 15 is 0 Å². The van der Waals surface area contributed by atoms with Gasteiger partial charge in [0.1, 0.15) is 5.69 Å². The van der Waals surface area contributed by atoms with Crippen molar-refractivity contribution in [2.24, 2.45) is 13.0 Å². The van der Waals surface area contributed by atoms with Crippen LogP contribution in [-0.4, -0.2) is 30.2 Å². The van der Waals surface area contributed by atoms with Crippen LogP contribution in [0.3, 0.4) is 0 Å². The first kappa shape index (κ1) is 14.4. The lowest BCUT2D eigenvalue weighted by Crippen LogP contribution is -2.27. The zero-order valence-corrected chi connectivity index (χ0v) is 12.8. The molecule has 112 valence electrons. The number of para-hydroxylation sites is 1. The van der Waals surface area contributed by atoms with Gasteiger partial charge < -0.3 is 14.6 Å². The lowest BCUT2D eigenvalue weighted by atomic mass is 10.1. The Bertz CT molecular complexity index is 660. The highest BCUT2D eigenvalue weighted by Gasteiger charge is 2.17. The first-order valence-corrected chi connectivity index (χ1v) is 7.64. The minimum atomic E-state index is -0.0521. The van der Waals surface area contributed by atoms with Crippen LogP contribution in [0.4, 0.5) is 0 Å². The van der Waals surface area contributed by atoms with Gasteiger partial charge in [0.05, 0.1) is 10.5 Å². The number of carbonyl (C=O) groups excluding carboxylic acids is 1. The molecule has 2 heterocycles. The molecule has 0 radical (unpaired) electrons. The fraction of sp³-hybridized carbons (Fsp3) is 0.438. The van der Waals surface area contributed by atoms with Crippen LogP contribution >= 0.6 is 11.6 Å². The van der Waals surface area contributed by atoms with Crippen molar-refractivity contribution in [1.29, 1.82) is 0 Å². The highest BCUT2D eigenvalue weighted by Crippen LogP contribution is 2.26. The van der Waals surface area contributed by atoms with Crippen LogP contribution in [0.5, 0.6) is 0 Å². The van der Waals surface area contributed by atoms with E-state index in [1.54, 1.807) is 0 Å². The number of fused-ring (bicyclic) bond motifs is 1. The van der Waals surface area contributed by atoms with E-state index < -0.39 is 0 Å². The zero-order chi connectivity index (χ0) is 14.8. The first-order valence-electron chi connectivity index (χ1n) is 7.26. The zero-order valence-electron chi connectivity index (χ0n) is 12.1. The van der Waals surface area contributed by atoms with Crippen molar-refractivity contribution in [3.05, 3.63) is 35.0 Å². The smallest absolute Gasteiger partial charge is 0.267 e. The van der Waals surface area contributed by atoms with Crippen LogP contribution < -0.4 is 5.32 Å². The Labute approximate surface area is 129 Å². The summed E-state index contributed by atoms with van der Waals surface area (Å²) in [4.78, 5) is 12.3. The van der Waals surface area contributed by atoms with Crippen molar-refractivity contribution >= 4 is 28.4 Å². The van der Waals surface area contributed by atoms with Crippen LogP contribution in [0.15, 0.2) is 24.3 Å². The molecule has 1 N–H and O–H groups in total. The predicted molar refractivity (Wildman–Crippen MR) is 83.8 cm³/mol. The maximum Gasteiger partial charge on any atom is 0.267 e. The Balaban J connectivity index is 1.69. The number of hydrogen-bond acceptors (Lipinski definition) is 2. The molecule has 2 aromatic rings. The number of aryl methyl sites for hydroxylation is 1. The van der Waals surface area contributed by atoms with Gasteiger partial charge in [-0.15, -0.1) is 0 Å². The van der Waals surface area contributed by atoms with Crippen molar-refractivity contribution in [1.82, 2.24) is 9.88 Å². The molecule has 21 heavy (non-hydrogen) atoms. The molecule has 1 fully saturated rings. The molecule has 0 spiro atoms. The topological polar surface area (TPSA) is 43.3 Å². The van der Waals surface area contributed by atoms with Gasteiger partial charge in [0.2, 0.25) is 0 Å². The minimum absolute atomic E-state index is 0.0521. The standard InChI is InChI=1S/C16H19ClN2O2/c1-19-14(9-12-3-2-4-13(17)15(12)19)16(20)18-7-5-11-6-8-21-10-11/h2-4,9,11H,5-8,10H2,1H3,(H,18,20). The maximum atomic E-state index is 12.3. The molecule has 5 heteroatoms. The number of aromatic nitrogens is 1. The SMILES string of the molecule is Cn1c(C(=O)NCCC2CCOC2)cc2cccc(Cl)c21. The van der Waals surface area contributed by atoms with E-state index in [1.165, 1.54) is 0 Å². The van der Waals surface area contributed by atoms with Gasteiger partial charge >= 0.3 is 0 Å². The third-order valence-corrected chi connectivity index (χ3v) is 4.41. The fourth-order valence-electron chi connectivity index (χ4n) is 2.88. The van der Waals surface area contributed by atoms with E-state index in [2.05, 4.69) is 5.32 Å². The molecule has 1 saturated heterocycles. The van der Waals surface area contributed by atoms with E-state index in [0.29, 0.717) is 23.2 Å². The van der Waals surface area contributed by atoms with Crippen molar-refractivity contribution < 1.29 is 9.53 Å². The second-order valence-corrected chi connectivity index (χ2v) is 5.95. The Kier molecular flexibility index (Phi) is 4.17. The fourth-order valence-corrected chi connectivity index (χ4v) is 3.18. The molecule has 1 unspecified atom stereocenters. The van der Waals surface area contributed by atoms with Crippen LogP contribution in [0, 0.1) is 5.92 Å². The molecule has 1 aromatic heterocycles. The molecular formula is C16H19ClN2O2. The first-order chi connectivity index (χ1) is 10.2. The number of amides is 1. The van der Waals surface area contributed by atoms with Crippen molar-refractivity contribution in [3.8, 4) is 0 Å². The number of ether oxygens (including phenoxy) is 1. The average Bonchev–Trinajstić information content (AvgIpc) is 3.08. The number of halogens is 1. The van der Waals surface area contributed by atoms with Gasteiger partial charge in [-0.3, -0.25) is 4.79 Å². The number of nitrogens with zero attached hydrogens (tertiary/aromatic N) is 1. The van der Waals surface area contributed by atoms with Gasteiger partial charge in [-0.25, -0.2) is 0 Å². The summed E-state index contributed by atoms with van der Waals surface area (Å²) in [7, 11) is 1.87. The van der Waals surface area contributed by atoms with Crippen molar-refractivity contribution in [2.45, 2.75) is 12.8 Å². The summed E-state index contributed by atoms with van der Waals surface area (Å²) >= 11 is 6.20. The molecule has 0 saturated carbocycles. The van der Waals surface area contributed by atoms with Crippen LogP contribution in [0.1, 0.15) is 23.3 Å².